The first-order chi connectivity index (χ1) is 9.46. The van der Waals surface area contributed by atoms with Crippen molar-refractivity contribution in [3.8, 4) is 0 Å². The molecular formula is C12H18F3N3O2. The van der Waals surface area contributed by atoms with Gasteiger partial charge in [0.1, 0.15) is 13.2 Å². The van der Waals surface area contributed by atoms with Crippen LogP contribution in [0.3, 0.4) is 0 Å². The molecule has 1 aromatic heterocycles. The minimum absolute atomic E-state index is 0.0931. The number of nitrogens with two attached hydrogens (primary N) is 1. The summed E-state index contributed by atoms with van der Waals surface area (Å²) in [6.45, 7) is -1.66. The maximum absolute atomic E-state index is 11.9. The summed E-state index contributed by atoms with van der Waals surface area (Å²) in [5, 5.41) is 3.59. The molecule has 1 aliphatic rings. The minimum Gasteiger partial charge on any atom is -0.364 e. The van der Waals surface area contributed by atoms with Gasteiger partial charge in [0, 0.05) is 0 Å². The van der Waals surface area contributed by atoms with Crippen molar-refractivity contribution < 1.29 is 22.4 Å². The van der Waals surface area contributed by atoms with Gasteiger partial charge >= 0.3 is 6.18 Å². The van der Waals surface area contributed by atoms with E-state index in [1.165, 1.54) is 6.42 Å². The average Bonchev–Trinajstić information content (AvgIpc) is 2.86. The predicted octanol–water partition coefficient (Wildman–Crippen LogP) is 2.73. The number of alkyl halides is 3. The Kier molecular flexibility index (Phi) is 4.98. The van der Waals surface area contributed by atoms with Gasteiger partial charge in [-0.15, -0.1) is 0 Å². The molecule has 5 nitrogen and oxygen atoms in total. The first-order valence-electron chi connectivity index (χ1n) is 6.68. The van der Waals surface area contributed by atoms with Crippen molar-refractivity contribution in [3.63, 3.8) is 0 Å². The van der Waals surface area contributed by atoms with Crippen LogP contribution in [0.2, 0.25) is 0 Å². The van der Waals surface area contributed by atoms with Crippen LogP contribution in [-0.2, 0) is 11.3 Å². The van der Waals surface area contributed by atoms with Crippen LogP contribution < -0.4 is 5.73 Å². The Hall–Kier alpha value is -1.15. The highest BCUT2D eigenvalue weighted by atomic mass is 19.4. The molecule has 1 saturated carbocycles. The summed E-state index contributed by atoms with van der Waals surface area (Å²) >= 11 is 0. The van der Waals surface area contributed by atoms with Gasteiger partial charge < -0.3 is 15.0 Å². The van der Waals surface area contributed by atoms with E-state index in [1.807, 2.05) is 0 Å². The van der Waals surface area contributed by atoms with Gasteiger partial charge in [-0.1, -0.05) is 24.4 Å². The molecule has 0 radical (unpaired) electrons. The van der Waals surface area contributed by atoms with Crippen LogP contribution in [-0.4, -0.2) is 22.9 Å². The summed E-state index contributed by atoms with van der Waals surface area (Å²) < 4.78 is 45.3. The van der Waals surface area contributed by atoms with E-state index in [-0.39, 0.29) is 24.4 Å². The SMILES string of the molecule is NC(c1nc(COCC(F)(F)F)no1)C1CCCCC1. The highest BCUT2D eigenvalue weighted by Gasteiger charge is 2.29. The van der Waals surface area contributed by atoms with Gasteiger partial charge in [-0.25, -0.2) is 0 Å². The largest absolute Gasteiger partial charge is 0.411 e. The third kappa shape index (κ3) is 4.45. The molecule has 0 aliphatic heterocycles. The lowest BCUT2D eigenvalue weighted by atomic mass is 9.84. The average molecular weight is 293 g/mol. The van der Waals surface area contributed by atoms with Crippen LogP contribution in [0.1, 0.15) is 49.9 Å². The van der Waals surface area contributed by atoms with Gasteiger partial charge in [0.2, 0.25) is 5.89 Å². The van der Waals surface area contributed by atoms with Crippen LogP contribution in [0.5, 0.6) is 0 Å². The molecule has 2 N–H and O–H groups in total. The van der Waals surface area contributed by atoms with Gasteiger partial charge in [0.25, 0.3) is 0 Å². The highest BCUT2D eigenvalue weighted by Crippen LogP contribution is 2.32. The summed E-state index contributed by atoms with van der Waals surface area (Å²) in [6, 6.07) is -0.348. The summed E-state index contributed by atoms with van der Waals surface area (Å²) in [7, 11) is 0. The molecule has 20 heavy (non-hydrogen) atoms. The third-order valence-electron chi connectivity index (χ3n) is 3.42. The van der Waals surface area contributed by atoms with E-state index in [1.54, 1.807) is 0 Å². The van der Waals surface area contributed by atoms with E-state index in [4.69, 9.17) is 10.3 Å². The summed E-state index contributed by atoms with van der Waals surface area (Å²) in [5.74, 6) is 0.672. The van der Waals surface area contributed by atoms with Crippen LogP contribution in [0.25, 0.3) is 0 Å². The molecule has 8 heteroatoms. The normalized spacial score (nSPS) is 19.2. The minimum atomic E-state index is -4.36. The highest BCUT2D eigenvalue weighted by molar-refractivity contribution is 4.94. The van der Waals surface area contributed by atoms with Crippen molar-refractivity contribution in [2.75, 3.05) is 6.61 Å². The van der Waals surface area contributed by atoms with E-state index < -0.39 is 12.8 Å². The van der Waals surface area contributed by atoms with Crippen LogP contribution >= 0.6 is 0 Å². The lowest BCUT2D eigenvalue weighted by Crippen LogP contribution is -2.23. The fourth-order valence-electron chi connectivity index (χ4n) is 2.41. The molecule has 1 unspecified atom stereocenters. The third-order valence-corrected chi connectivity index (χ3v) is 3.42. The second-order valence-electron chi connectivity index (χ2n) is 5.08. The molecule has 114 valence electrons. The van der Waals surface area contributed by atoms with Crippen molar-refractivity contribution in [2.24, 2.45) is 11.7 Å². The summed E-state index contributed by atoms with van der Waals surface area (Å²) in [5.41, 5.74) is 6.06. The molecule has 1 aromatic rings. The molecule has 1 fully saturated rings. The van der Waals surface area contributed by atoms with Crippen LogP contribution in [0, 0.1) is 5.92 Å². The number of hydrogen-bond acceptors (Lipinski definition) is 5. The Balaban J connectivity index is 1.84. The molecule has 1 aliphatic carbocycles. The van der Waals surface area contributed by atoms with Crippen LogP contribution in [0.15, 0.2) is 4.52 Å². The van der Waals surface area contributed by atoms with Crippen molar-refractivity contribution in [1.82, 2.24) is 10.1 Å². The number of hydrogen-bond donors (Lipinski definition) is 1. The van der Waals surface area contributed by atoms with E-state index in [2.05, 4.69) is 14.9 Å². The number of nitrogens with zero attached hydrogens (tertiary/aromatic N) is 2. The molecule has 1 atom stereocenters. The molecule has 0 spiro atoms. The topological polar surface area (TPSA) is 74.2 Å². The molecule has 2 rings (SSSR count). The van der Waals surface area contributed by atoms with E-state index in [0.29, 0.717) is 5.92 Å². The maximum atomic E-state index is 11.9. The Morgan fingerprint density at radius 2 is 2.00 bits per heavy atom. The predicted molar refractivity (Wildman–Crippen MR) is 63.5 cm³/mol. The summed E-state index contributed by atoms with van der Waals surface area (Å²) in [4.78, 5) is 4.01. The zero-order chi connectivity index (χ0) is 14.6. The molecule has 1 heterocycles. The lowest BCUT2D eigenvalue weighted by Gasteiger charge is -2.24. The van der Waals surface area contributed by atoms with Crippen LogP contribution in [0.4, 0.5) is 13.2 Å². The van der Waals surface area contributed by atoms with Crippen molar-refractivity contribution in [2.45, 2.75) is 50.9 Å². The van der Waals surface area contributed by atoms with Gasteiger partial charge in [-0.3, -0.25) is 0 Å². The van der Waals surface area contributed by atoms with E-state index in [0.717, 1.165) is 25.7 Å². The second-order valence-corrected chi connectivity index (χ2v) is 5.08. The van der Waals surface area contributed by atoms with Gasteiger partial charge in [0.05, 0.1) is 6.04 Å². The standard InChI is InChI=1S/C12H18F3N3O2/c13-12(14,15)7-19-6-9-17-11(20-18-9)10(16)8-4-2-1-3-5-8/h8,10H,1-7,16H2. The van der Waals surface area contributed by atoms with Gasteiger partial charge in [-0.05, 0) is 18.8 Å². The summed E-state index contributed by atoms with van der Waals surface area (Å²) in [6.07, 6.45) is 1.16. The quantitative estimate of drug-likeness (QED) is 0.903. The number of aromatic nitrogens is 2. The lowest BCUT2D eigenvalue weighted by molar-refractivity contribution is -0.177. The molecule has 0 saturated heterocycles. The molecule has 0 amide bonds. The Morgan fingerprint density at radius 3 is 2.65 bits per heavy atom. The zero-order valence-corrected chi connectivity index (χ0v) is 11.0. The first kappa shape index (κ1) is 15.2. The second kappa shape index (κ2) is 6.53. The number of halogens is 3. The van der Waals surface area contributed by atoms with Crippen molar-refractivity contribution in [1.29, 1.82) is 0 Å². The van der Waals surface area contributed by atoms with E-state index in [9.17, 15) is 13.2 Å². The van der Waals surface area contributed by atoms with Crippen molar-refractivity contribution in [3.05, 3.63) is 11.7 Å². The Labute approximate surface area is 114 Å². The molecular weight excluding hydrogens is 275 g/mol. The monoisotopic (exact) mass is 293 g/mol. The zero-order valence-electron chi connectivity index (χ0n) is 11.0. The van der Waals surface area contributed by atoms with E-state index >= 15 is 0 Å². The fraction of sp³-hybridized carbons (Fsp3) is 0.833. The molecule has 0 bridgehead atoms. The Morgan fingerprint density at radius 1 is 1.30 bits per heavy atom. The van der Waals surface area contributed by atoms with Crippen molar-refractivity contribution >= 4 is 0 Å². The van der Waals surface area contributed by atoms with Gasteiger partial charge in [0.15, 0.2) is 5.82 Å². The number of ether oxygens (including phenoxy) is 1. The maximum Gasteiger partial charge on any atom is 0.411 e. The smallest absolute Gasteiger partial charge is 0.364 e. The molecule has 0 aromatic carbocycles. The fourth-order valence-corrected chi connectivity index (χ4v) is 2.41. The number of rotatable bonds is 5. The first-order valence-corrected chi connectivity index (χ1v) is 6.68. The van der Waals surface area contributed by atoms with Gasteiger partial charge in [-0.2, -0.15) is 18.2 Å². The Bertz CT molecular complexity index is 416.